The summed E-state index contributed by atoms with van der Waals surface area (Å²) >= 11 is 5.88. The average molecular weight is 275 g/mol. The number of benzene rings is 1. The molecule has 0 aliphatic carbocycles. The number of pyridine rings is 1. The van der Waals surface area contributed by atoms with Gasteiger partial charge in [-0.2, -0.15) is 0 Å². The maximum Gasteiger partial charge on any atom is 0.251 e. The van der Waals surface area contributed by atoms with E-state index in [4.69, 9.17) is 11.6 Å². The molecule has 0 fully saturated rings. The van der Waals surface area contributed by atoms with Crippen molar-refractivity contribution < 1.29 is 4.79 Å². The van der Waals surface area contributed by atoms with E-state index >= 15 is 0 Å². The van der Waals surface area contributed by atoms with E-state index in [9.17, 15) is 4.79 Å². The number of hydrogen-bond donors (Lipinski definition) is 1. The van der Waals surface area contributed by atoms with Crippen LogP contribution in [0.15, 0.2) is 42.6 Å². The van der Waals surface area contributed by atoms with E-state index in [0.717, 1.165) is 11.1 Å². The monoisotopic (exact) mass is 274 g/mol. The van der Waals surface area contributed by atoms with E-state index in [0.29, 0.717) is 10.7 Å². The highest BCUT2D eigenvalue weighted by Gasteiger charge is 2.08. The first-order chi connectivity index (χ1) is 9.06. The summed E-state index contributed by atoms with van der Waals surface area (Å²) in [6.07, 6.45) is 1.65. The molecule has 2 aromatic rings. The molecule has 0 radical (unpaired) electrons. The van der Waals surface area contributed by atoms with Gasteiger partial charge in [0.2, 0.25) is 0 Å². The van der Waals surface area contributed by atoms with Crippen LogP contribution in [0.1, 0.15) is 24.2 Å². The molecule has 0 aliphatic rings. The standard InChI is InChI=1S/C15H15ClN2O/c1-10(2)18-15(19)13-5-3-4-11(8-13)12-6-7-17-14(16)9-12/h3-10H,1-2H3,(H,18,19). The fourth-order valence-corrected chi connectivity index (χ4v) is 1.94. The van der Waals surface area contributed by atoms with Crippen LogP contribution in [0, 0.1) is 0 Å². The van der Waals surface area contributed by atoms with E-state index < -0.39 is 0 Å². The third-order valence-corrected chi connectivity index (χ3v) is 2.81. The first-order valence-corrected chi connectivity index (χ1v) is 6.47. The number of hydrogen-bond acceptors (Lipinski definition) is 2. The number of nitrogens with zero attached hydrogens (tertiary/aromatic N) is 1. The molecule has 0 unspecified atom stereocenters. The molecule has 1 heterocycles. The molecule has 98 valence electrons. The van der Waals surface area contributed by atoms with Crippen LogP contribution in [0.3, 0.4) is 0 Å². The van der Waals surface area contributed by atoms with Gasteiger partial charge in [-0.25, -0.2) is 4.98 Å². The molecule has 0 saturated heterocycles. The summed E-state index contributed by atoms with van der Waals surface area (Å²) in [5, 5.41) is 3.31. The fraction of sp³-hybridized carbons (Fsp3) is 0.200. The maximum absolute atomic E-state index is 12.0. The molecule has 1 aromatic heterocycles. The minimum Gasteiger partial charge on any atom is -0.350 e. The lowest BCUT2D eigenvalue weighted by Gasteiger charge is -2.09. The van der Waals surface area contributed by atoms with Gasteiger partial charge in [0.1, 0.15) is 5.15 Å². The van der Waals surface area contributed by atoms with Crippen LogP contribution < -0.4 is 5.32 Å². The van der Waals surface area contributed by atoms with Gasteiger partial charge in [-0.3, -0.25) is 4.79 Å². The Balaban J connectivity index is 2.32. The first kappa shape index (κ1) is 13.6. The van der Waals surface area contributed by atoms with Gasteiger partial charge >= 0.3 is 0 Å². The molecule has 3 nitrogen and oxygen atoms in total. The van der Waals surface area contributed by atoms with Crippen molar-refractivity contribution in [2.24, 2.45) is 0 Å². The van der Waals surface area contributed by atoms with Gasteiger partial charge in [0.05, 0.1) is 0 Å². The zero-order valence-electron chi connectivity index (χ0n) is 10.9. The Kier molecular flexibility index (Phi) is 4.17. The van der Waals surface area contributed by atoms with Crippen molar-refractivity contribution in [2.75, 3.05) is 0 Å². The highest BCUT2D eigenvalue weighted by Crippen LogP contribution is 2.22. The van der Waals surface area contributed by atoms with Gasteiger partial charge in [0.25, 0.3) is 5.91 Å². The maximum atomic E-state index is 12.0. The summed E-state index contributed by atoms with van der Waals surface area (Å²) in [7, 11) is 0. The molecule has 0 saturated carbocycles. The van der Waals surface area contributed by atoms with Crippen LogP contribution in [-0.2, 0) is 0 Å². The minimum atomic E-state index is -0.0722. The summed E-state index contributed by atoms with van der Waals surface area (Å²) in [5.74, 6) is -0.0722. The lowest BCUT2D eigenvalue weighted by Crippen LogP contribution is -2.30. The van der Waals surface area contributed by atoms with Crippen molar-refractivity contribution in [3.05, 3.63) is 53.3 Å². The molecule has 4 heteroatoms. The largest absolute Gasteiger partial charge is 0.350 e. The number of aromatic nitrogens is 1. The molecule has 0 aliphatic heterocycles. The fourth-order valence-electron chi connectivity index (χ4n) is 1.77. The Morgan fingerprint density at radius 1 is 1.21 bits per heavy atom. The van der Waals surface area contributed by atoms with E-state index in [-0.39, 0.29) is 11.9 Å². The third kappa shape index (κ3) is 3.55. The van der Waals surface area contributed by atoms with E-state index in [2.05, 4.69) is 10.3 Å². The first-order valence-electron chi connectivity index (χ1n) is 6.09. The number of carbonyl (C=O) groups excluding carboxylic acids is 1. The Bertz CT molecular complexity index is 596. The summed E-state index contributed by atoms with van der Waals surface area (Å²) in [6.45, 7) is 3.87. The van der Waals surface area contributed by atoms with E-state index in [1.54, 1.807) is 18.3 Å². The summed E-state index contributed by atoms with van der Waals surface area (Å²) in [4.78, 5) is 15.9. The van der Waals surface area contributed by atoms with Gasteiger partial charge < -0.3 is 5.32 Å². The summed E-state index contributed by atoms with van der Waals surface area (Å²) < 4.78 is 0. The van der Waals surface area contributed by atoms with Gasteiger partial charge in [-0.15, -0.1) is 0 Å². The molecule has 0 atom stereocenters. The van der Waals surface area contributed by atoms with E-state index in [1.807, 2.05) is 38.1 Å². The quantitative estimate of drug-likeness (QED) is 0.870. The second-order valence-electron chi connectivity index (χ2n) is 4.58. The predicted molar refractivity (Wildman–Crippen MR) is 77.3 cm³/mol. The van der Waals surface area contributed by atoms with Crippen LogP contribution >= 0.6 is 11.6 Å². The molecular weight excluding hydrogens is 260 g/mol. The van der Waals surface area contributed by atoms with Crippen LogP contribution in [0.4, 0.5) is 0 Å². The second kappa shape index (κ2) is 5.85. The Hall–Kier alpha value is -1.87. The highest BCUT2D eigenvalue weighted by molar-refractivity contribution is 6.29. The number of nitrogens with one attached hydrogen (secondary N) is 1. The van der Waals surface area contributed by atoms with Gasteiger partial charge in [0, 0.05) is 17.8 Å². The number of amides is 1. The summed E-state index contributed by atoms with van der Waals surface area (Å²) in [5.41, 5.74) is 2.53. The van der Waals surface area contributed by atoms with Gasteiger partial charge in [-0.05, 0) is 49.2 Å². The van der Waals surface area contributed by atoms with Crippen LogP contribution in [0.25, 0.3) is 11.1 Å². The molecule has 1 aromatic carbocycles. The van der Waals surface area contributed by atoms with Crippen molar-refractivity contribution in [3.8, 4) is 11.1 Å². The third-order valence-electron chi connectivity index (χ3n) is 2.60. The smallest absolute Gasteiger partial charge is 0.251 e. The van der Waals surface area contributed by atoms with Crippen molar-refractivity contribution >= 4 is 17.5 Å². The Labute approximate surface area is 117 Å². The zero-order chi connectivity index (χ0) is 13.8. The second-order valence-corrected chi connectivity index (χ2v) is 4.96. The SMILES string of the molecule is CC(C)NC(=O)c1cccc(-c2ccnc(Cl)c2)c1. The van der Waals surface area contributed by atoms with Crippen molar-refractivity contribution in [3.63, 3.8) is 0 Å². The van der Waals surface area contributed by atoms with Crippen LogP contribution in [0.2, 0.25) is 5.15 Å². The number of rotatable bonds is 3. The van der Waals surface area contributed by atoms with Crippen molar-refractivity contribution in [1.82, 2.24) is 10.3 Å². The molecule has 1 N–H and O–H groups in total. The Morgan fingerprint density at radius 2 is 1.95 bits per heavy atom. The number of halogens is 1. The molecule has 0 bridgehead atoms. The number of carbonyl (C=O) groups is 1. The Morgan fingerprint density at radius 3 is 2.63 bits per heavy atom. The van der Waals surface area contributed by atoms with Gasteiger partial charge in [-0.1, -0.05) is 23.7 Å². The highest BCUT2D eigenvalue weighted by atomic mass is 35.5. The van der Waals surface area contributed by atoms with Crippen molar-refractivity contribution in [1.29, 1.82) is 0 Å². The predicted octanol–water partition coefficient (Wildman–Crippen LogP) is 3.54. The molecule has 19 heavy (non-hydrogen) atoms. The normalized spacial score (nSPS) is 10.5. The van der Waals surface area contributed by atoms with E-state index in [1.165, 1.54) is 0 Å². The minimum absolute atomic E-state index is 0.0722. The molecule has 2 rings (SSSR count). The van der Waals surface area contributed by atoms with Crippen molar-refractivity contribution in [2.45, 2.75) is 19.9 Å². The lowest BCUT2D eigenvalue weighted by molar-refractivity contribution is 0.0943. The molecule has 1 amide bonds. The lowest BCUT2D eigenvalue weighted by atomic mass is 10.0. The topological polar surface area (TPSA) is 42.0 Å². The van der Waals surface area contributed by atoms with Crippen LogP contribution in [0.5, 0.6) is 0 Å². The molecular formula is C15H15ClN2O. The van der Waals surface area contributed by atoms with Crippen LogP contribution in [-0.4, -0.2) is 16.9 Å². The average Bonchev–Trinajstić information content (AvgIpc) is 2.38. The zero-order valence-corrected chi connectivity index (χ0v) is 11.6. The summed E-state index contributed by atoms with van der Waals surface area (Å²) in [6, 6.07) is 11.2. The van der Waals surface area contributed by atoms with Gasteiger partial charge in [0.15, 0.2) is 0 Å². The molecule has 0 spiro atoms.